The minimum atomic E-state index is -0.830. The number of amides is 1. The molecule has 0 aliphatic carbocycles. The summed E-state index contributed by atoms with van der Waals surface area (Å²) in [6, 6.07) is 6.59. The maximum absolute atomic E-state index is 11.8. The molecule has 0 spiro atoms. The van der Waals surface area contributed by atoms with E-state index in [2.05, 4.69) is 15.3 Å². The fourth-order valence-electron chi connectivity index (χ4n) is 2.01. The maximum atomic E-state index is 11.8. The molecule has 0 saturated heterocycles. The summed E-state index contributed by atoms with van der Waals surface area (Å²) in [6.45, 7) is -0.128. The quantitative estimate of drug-likeness (QED) is 0.780. The molecule has 7 heteroatoms. The highest BCUT2D eigenvalue weighted by Crippen LogP contribution is 2.10. The van der Waals surface area contributed by atoms with E-state index in [0.717, 1.165) is 11.0 Å². The van der Waals surface area contributed by atoms with Crippen molar-refractivity contribution in [3.8, 4) is 0 Å². The fraction of sp³-hybridized carbons (Fsp3) is 0.333. The SMILES string of the molecule is COCC(=O)N[C@@H](Cc1cnc2ccccc2n1)C(=O)OC. The number of esters is 1. The van der Waals surface area contributed by atoms with Crippen LogP contribution >= 0.6 is 0 Å². The third-order valence-corrected chi connectivity index (χ3v) is 3.01. The van der Waals surface area contributed by atoms with Crippen LogP contribution in [0.15, 0.2) is 30.5 Å². The molecule has 1 aromatic heterocycles. The number of carbonyl (C=O) groups excluding carboxylic acids is 2. The first-order valence-electron chi connectivity index (χ1n) is 6.71. The van der Waals surface area contributed by atoms with Crippen molar-refractivity contribution >= 4 is 22.9 Å². The Labute approximate surface area is 127 Å². The molecule has 1 aromatic carbocycles. The van der Waals surface area contributed by atoms with Crippen molar-refractivity contribution in [1.29, 1.82) is 0 Å². The summed E-state index contributed by atoms with van der Waals surface area (Å²) in [7, 11) is 2.67. The molecule has 116 valence electrons. The van der Waals surface area contributed by atoms with Gasteiger partial charge in [0.15, 0.2) is 0 Å². The van der Waals surface area contributed by atoms with Gasteiger partial charge < -0.3 is 14.8 Å². The van der Waals surface area contributed by atoms with E-state index in [9.17, 15) is 9.59 Å². The Kier molecular flexibility index (Phi) is 5.37. The van der Waals surface area contributed by atoms with Gasteiger partial charge in [-0.15, -0.1) is 0 Å². The molecule has 22 heavy (non-hydrogen) atoms. The maximum Gasteiger partial charge on any atom is 0.328 e. The number of methoxy groups -OCH3 is 2. The topological polar surface area (TPSA) is 90.4 Å². The molecular formula is C15H17N3O4. The summed E-state index contributed by atoms with van der Waals surface area (Å²) in [6.07, 6.45) is 1.78. The van der Waals surface area contributed by atoms with E-state index < -0.39 is 17.9 Å². The summed E-state index contributed by atoms with van der Waals surface area (Å²) in [4.78, 5) is 32.1. The predicted octanol–water partition coefficient (Wildman–Crippen LogP) is 0.476. The molecule has 0 bridgehead atoms. The number of benzene rings is 1. The summed E-state index contributed by atoms with van der Waals surface area (Å²) < 4.78 is 9.44. The zero-order chi connectivity index (χ0) is 15.9. The number of nitrogens with zero attached hydrogens (tertiary/aromatic N) is 2. The molecular weight excluding hydrogens is 286 g/mol. The van der Waals surface area contributed by atoms with Crippen molar-refractivity contribution in [3.63, 3.8) is 0 Å². The molecule has 0 unspecified atom stereocenters. The summed E-state index contributed by atoms with van der Waals surface area (Å²) in [5.74, 6) is -0.939. The number of ether oxygens (including phenoxy) is 2. The first-order valence-corrected chi connectivity index (χ1v) is 6.71. The molecule has 1 heterocycles. The van der Waals surface area contributed by atoms with Crippen LogP contribution in [0.4, 0.5) is 0 Å². The molecule has 7 nitrogen and oxygen atoms in total. The highest BCUT2D eigenvalue weighted by molar-refractivity contribution is 5.85. The lowest BCUT2D eigenvalue weighted by atomic mass is 10.1. The van der Waals surface area contributed by atoms with Crippen LogP contribution < -0.4 is 5.32 Å². The first-order chi connectivity index (χ1) is 10.6. The second kappa shape index (κ2) is 7.46. The number of nitrogens with one attached hydrogen (secondary N) is 1. The van der Waals surface area contributed by atoms with Gasteiger partial charge in [-0.2, -0.15) is 0 Å². The Balaban J connectivity index is 2.17. The van der Waals surface area contributed by atoms with Gasteiger partial charge in [-0.05, 0) is 12.1 Å². The fourth-order valence-corrected chi connectivity index (χ4v) is 2.01. The van der Waals surface area contributed by atoms with Crippen molar-refractivity contribution in [2.75, 3.05) is 20.8 Å². The van der Waals surface area contributed by atoms with Crippen LogP contribution in [0.25, 0.3) is 11.0 Å². The van der Waals surface area contributed by atoms with Crippen LogP contribution in [0.2, 0.25) is 0 Å². The molecule has 0 aliphatic rings. The summed E-state index contributed by atoms with van der Waals surface area (Å²) >= 11 is 0. The second-order valence-electron chi connectivity index (χ2n) is 4.63. The average molecular weight is 303 g/mol. The number of aromatic nitrogens is 2. The molecule has 2 rings (SSSR count). The zero-order valence-corrected chi connectivity index (χ0v) is 12.4. The van der Waals surface area contributed by atoms with Gasteiger partial charge in [-0.1, -0.05) is 12.1 Å². The van der Waals surface area contributed by atoms with Crippen LogP contribution in [-0.4, -0.2) is 48.7 Å². The lowest BCUT2D eigenvalue weighted by molar-refractivity contribution is -0.145. The van der Waals surface area contributed by atoms with E-state index in [0.29, 0.717) is 5.69 Å². The average Bonchev–Trinajstić information content (AvgIpc) is 2.53. The molecule has 1 amide bonds. The monoisotopic (exact) mass is 303 g/mol. The Morgan fingerprint density at radius 1 is 1.23 bits per heavy atom. The normalized spacial score (nSPS) is 11.9. The summed E-state index contributed by atoms with van der Waals surface area (Å²) in [5.41, 5.74) is 2.09. The minimum Gasteiger partial charge on any atom is -0.467 e. The van der Waals surface area contributed by atoms with Gasteiger partial charge in [0.05, 0.1) is 23.8 Å². The van der Waals surface area contributed by atoms with E-state index in [1.807, 2.05) is 24.3 Å². The molecule has 0 saturated carbocycles. The Morgan fingerprint density at radius 3 is 2.64 bits per heavy atom. The van der Waals surface area contributed by atoms with Gasteiger partial charge in [-0.3, -0.25) is 9.78 Å². The van der Waals surface area contributed by atoms with Crippen LogP contribution in [0.5, 0.6) is 0 Å². The van der Waals surface area contributed by atoms with Gasteiger partial charge in [0.25, 0.3) is 0 Å². The van der Waals surface area contributed by atoms with E-state index >= 15 is 0 Å². The summed E-state index contributed by atoms with van der Waals surface area (Å²) in [5, 5.41) is 2.56. The van der Waals surface area contributed by atoms with Crippen molar-refractivity contribution in [3.05, 3.63) is 36.2 Å². The molecule has 1 N–H and O–H groups in total. The smallest absolute Gasteiger partial charge is 0.328 e. The third kappa shape index (κ3) is 3.98. The number of hydrogen-bond donors (Lipinski definition) is 1. The van der Waals surface area contributed by atoms with Gasteiger partial charge in [0.1, 0.15) is 12.6 Å². The van der Waals surface area contributed by atoms with Crippen LogP contribution in [0.3, 0.4) is 0 Å². The lowest BCUT2D eigenvalue weighted by Gasteiger charge is -2.16. The van der Waals surface area contributed by atoms with Crippen LogP contribution in [0, 0.1) is 0 Å². The lowest BCUT2D eigenvalue weighted by Crippen LogP contribution is -2.44. The van der Waals surface area contributed by atoms with E-state index in [1.165, 1.54) is 14.2 Å². The zero-order valence-electron chi connectivity index (χ0n) is 12.4. The number of hydrogen-bond acceptors (Lipinski definition) is 6. The van der Waals surface area contributed by atoms with Gasteiger partial charge >= 0.3 is 5.97 Å². The molecule has 1 atom stereocenters. The molecule has 0 aliphatic heterocycles. The third-order valence-electron chi connectivity index (χ3n) is 3.01. The minimum absolute atomic E-state index is 0.128. The highest BCUT2D eigenvalue weighted by atomic mass is 16.5. The van der Waals surface area contributed by atoms with Gasteiger partial charge in [0, 0.05) is 19.7 Å². The first kappa shape index (κ1) is 15.8. The number of rotatable bonds is 6. The number of para-hydroxylation sites is 2. The Hall–Kier alpha value is -2.54. The Morgan fingerprint density at radius 2 is 1.95 bits per heavy atom. The number of fused-ring (bicyclic) bond motifs is 1. The molecule has 0 fully saturated rings. The van der Waals surface area contributed by atoms with E-state index in [4.69, 9.17) is 9.47 Å². The van der Waals surface area contributed by atoms with Crippen molar-refractivity contribution < 1.29 is 19.1 Å². The Bertz CT molecular complexity index is 675. The van der Waals surface area contributed by atoms with Crippen molar-refractivity contribution in [1.82, 2.24) is 15.3 Å². The van der Waals surface area contributed by atoms with E-state index in [1.54, 1.807) is 6.20 Å². The van der Waals surface area contributed by atoms with Crippen LogP contribution in [-0.2, 0) is 25.5 Å². The van der Waals surface area contributed by atoms with Crippen molar-refractivity contribution in [2.45, 2.75) is 12.5 Å². The van der Waals surface area contributed by atoms with Crippen molar-refractivity contribution in [2.24, 2.45) is 0 Å². The largest absolute Gasteiger partial charge is 0.467 e. The molecule has 0 radical (unpaired) electrons. The standard InChI is InChI=1S/C15H17N3O4/c1-21-9-14(19)18-13(15(20)22-2)7-10-8-16-11-5-3-4-6-12(11)17-10/h3-6,8,13H,7,9H2,1-2H3,(H,18,19)/t13-/m0/s1. The highest BCUT2D eigenvalue weighted by Gasteiger charge is 2.22. The van der Waals surface area contributed by atoms with Crippen LogP contribution in [0.1, 0.15) is 5.69 Å². The van der Waals surface area contributed by atoms with E-state index in [-0.39, 0.29) is 13.0 Å². The predicted molar refractivity (Wildman–Crippen MR) is 79.1 cm³/mol. The van der Waals surface area contributed by atoms with Gasteiger partial charge in [-0.25, -0.2) is 9.78 Å². The molecule has 2 aromatic rings. The number of carbonyl (C=O) groups is 2. The van der Waals surface area contributed by atoms with Gasteiger partial charge in [0.2, 0.25) is 5.91 Å². The second-order valence-corrected chi connectivity index (χ2v) is 4.63.